The van der Waals surface area contributed by atoms with Gasteiger partial charge < -0.3 is 14.8 Å². The Morgan fingerprint density at radius 1 is 1.20 bits per heavy atom. The van der Waals surface area contributed by atoms with Crippen molar-refractivity contribution in [2.75, 3.05) is 6.61 Å². The van der Waals surface area contributed by atoms with Crippen molar-refractivity contribution in [2.24, 2.45) is 0 Å². The lowest BCUT2D eigenvalue weighted by Gasteiger charge is -2.53. The summed E-state index contributed by atoms with van der Waals surface area (Å²) in [4.78, 5) is 29.4. The van der Waals surface area contributed by atoms with Gasteiger partial charge in [-0.2, -0.15) is 0 Å². The highest BCUT2D eigenvalue weighted by atomic mass is 16.6. The van der Waals surface area contributed by atoms with Crippen LogP contribution in [0.4, 0.5) is 4.79 Å². The average molecular weight is 414 g/mol. The van der Waals surface area contributed by atoms with Gasteiger partial charge in [-0.25, -0.2) is 9.78 Å². The number of aryl methyl sites for hydroxylation is 2. The SMILES string of the molecule is Cc1ccc2ccc(=O)n(CCC34CCC(NC(=O)OC(C)(C)C)(CC3)CO4)c2n1. The summed E-state index contributed by atoms with van der Waals surface area (Å²) < 4.78 is 13.5. The molecule has 2 aromatic heterocycles. The molecule has 1 saturated carbocycles. The molecule has 2 bridgehead atoms. The summed E-state index contributed by atoms with van der Waals surface area (Å²) in [5, 5.41) is 4.02. The Labute approximate surface area is 176 Å². The van der Waals surface area contributed by atoms with E-state index in [1.807, 2.05) is 45.9 Å². The Morgan fingerprint density at radius 3 is 2.53 bits per heavy atom. The molecule has 0 radical (unpaired) electrons. The zero-order valence-electron chi connectivity index (χ0n) is 18.3. The van der Waals surface area contributed by atoms with Gasteiger partial charge in [0.25, 0.3) is 5.56 Å². The number of hydrogen-bond donors (Lipinski definition) is 1. The van der Waals surface area contributed by atoms with Crippen molar-refractivity contribution >= 4 is 17.1 Å². The Morgan fingerprint density at radius 2 is 1.90 bits per heavy atom. The molecule has 1 aliphatic carbocycles. The molecule has 7 heteroatoms. The molecule has 0 spiro atoms. The Bertz CT molecular complexity index is 997. The molecule has 5 rings (SSSR count). The van der Waals surface area contributed by atoms with Gasteiger partial charge in [0.2, 0.25) is 0 Å². The van der Waals surface area contributed by atoms with Gasteiger partial charge in [0.05, 0.1) is 17.7 Å². The van der Waals surface area contributed by atoms with Crippen molar-refractivity contribution in [1.82, 2.24) is 14.9 Å². The first-order valence-electron chi connectivity index (χ1n) is 10.7. The van der Waals surface area contributed by atoms with Gasteiger partial charge in [-0.05, 0) is 78.0 Å². The fourth-order valence-electron chi connectivity index (χ4n) is 4.55. The number of ether oxygens (including phenoxy) is 2. The minimum absolute atomic E-state index is 0.0374. The lowest BCUT2D eigenvalue weighted by atomic mass is 9.70. The largest absolute Gasteiger partial charge is 0.444 e. The summed E-state index contributed by atoms with van der Waals surface area (Å²) in [6.45, 7) is 8.56. The van der Waals surface area contributed by atoms with Crippen LogP contribution in [0.25, 0.3) is 11.0 Å². The number of alkyl carbamates (subject to hydrolysis) is 1. The fourth-order valence-corrected chi connectivity index (χ4v) is 4.55. The summed E-state index contributed by atoms with van der Waals surface area (Å²) in [6, 6.07) is 7.39. The van der Waals surface area contributed by atoms with E-state index in [0.717, 1.165) is 48.8 Å². The molecule has 4 heterocycles. The number of amides is 1. The second kappa shape index (κ2) is 7.38. The molecule has 2 aliphatic heterocycles. The van der Waals surface area contributed by atoms with Gasteiger partial charge in [-0.1, -0.05) is 0 Å². The third kappa shape index (κ3) is 4.21. The van der Waals surface area contributed by atoms with Crippen LogP contribution in [-0.2, 0) is 16.0 Å². The van der Waals surface area contributed by atoms with Crippen LogP contribution in [0, 0.1) is 6.92 Å². The van der Waals surface area contributed by atoms with Gasteiger partial charge in [0.15, 0.2) is 0 Å². The van der Waals surface area contributed by atoms with Crippen molar-refractivity contribution in [1.29, 1.82) is 0 Å². The monoisotopic (exact) mass is 413 g/mol. The number of rotatable bonds is 4. The highest BCUT2D eigenvalue weighted by molar-refractivity contribution is 5.75. The van der Waals surface area contributed by atoms with Crippen LogP contribution in [-0.4, -0.2) is 39.0 Å². The van der Waals surface area contributed by atoms with E-state index in [0.29, 0.717) is 13.2 Å². The number of carbonyl (C=O) groups is 1. The average Bonchev–Trinajstić information content (AvgIpc) is 2.67. The van der Waals surface area contributed by atoms with Crippen molar-refractivity contribution in [3.05, 3.63) is 40.3 Å². The number of pyridine rings is 2. The lowest BCUT2D eigenvalue weighted by Crippen LogP contribution is -2.63. The van der Waals surface area contributed by atoms with Crippen molar-refractivity contribution < 1.29 is 14.3 Å². The quantitative estimate of drug-likeness (QED) is 0.826. The molecule has 0 aromatic carbocycles. The molecule has 2 aromatic rings. The number of fused-ring (bicyclic) bond motifs is 4. The van der Waals surface area contributed by atoms with Gasteiger partial charge in [0, 0.05) is 23.7 Å². The van der Waals surface area contributed by atoms with E-state index in [1.165, 1.54) is 0 Å². The van der Waals surface area contributed by atoms with Crippen LogP contribution >= 0.6 is 0 Å². The molecule has 3 aliphatic rings. The van der Waals surface area contributed by atoms with Gasteiger partial charge in [0.1, 0.15) is 11.2 Å². The van der Waals surface area contributed by atoms with Crippen LogP contribution in [0.3, 0.4) is 0 Å². The van der Waals surface area contributed by atoms with Gasteiger partial charge in [-0.15, -0.1) is 0 Å². The fraction of sp³-hybridized carbons (Fsp3) is 0.609. The summed E-state index contributed by atoms with van der Waals surface area (Å²) in [7, 11) is 0. The molecule has 30 heavy (non-hydrogen) atoms. The molecule has 0 unspecified atom stereocenters. The summed E-state index contributed by atoms with van der Waals surface area (Å²) in [6.07, 6.45) is 3.79. The normalized spacial score (nSPS) is 26.0. The third-order valence-corrected chi connectivity index (χ3v) is 6.30. The molecular weight excluding hydrogens is 382 g/mol. The first-order chi connectivity index (χ1) is 14.1. The number of carbonyl (C=O) groups excluding carboxylic acids is 1. The zero-order valence-corrected chi connectivity index (χ0v) is 18.3. The minimum Gasteiger partial charge on any atom is -0.444 e. The van der Waals surface area contributed by atoms with Crippen LogP contribution in [0.15, 0.2) is 29.1 Å². The van der Waals surface area contributed by atoms with Gasteiger partial charge in [-0.3, -0.25) is 9.36 Å². The van der Waals surface area contributed by atoms with E-state index < -0.39 is 5.60 Å². The van der Waals surface area contributed by atoms with E-state index in [1.54, 1.807) is 10.6 Å². The number of hydrogen-bond acceptors (Lipinski definition) is 5. The molecule has 1 amide bonds. The number of aromatic nitrogens is 2. The molecule has 0 atom stereocenters. The maximum atomic E-state index is 12.5. The Hall–Kier alpha value is -2.41. The molecule has 1 N–H and O–H groups in total. The van der Waals surface area contributed by atoms with E-state index in [2.05, 4.69) is 10.3 Å². The summed E-state index contributed by atoms with van der Waals surface area (Å²) in [5.74, 6) is 0. The predicted octanol–water partition coefficient (Wildman–Crippen LogP) is 3.70. The molecule has 2 saturated heterocycles. The highest BCUT2D eigenvalue weighted by Crippen LogP contribution is 2.45. The minimum atomic E-state index is -0.521. The second-order valence-electron chi connectivity index (χ2n) is 9.82. The van der Waals surface area contributed by atoms with Crippen LogP contribution in [0.5, 0.6) is 0 Å². The van der Waals surface area contributed by atoms with E-state index in [-0.39, 0.29) is 22.8 Å². The Kier molecular flexibility index (Phi) is 5.12. The van der Waals surface area contributed by atoms with Crippen LogP contribution in [0.1, 0.15) is 58.6 Å². The van der Waals surface area contributed by atoms with Gasteiger partial charge >= 0.3 is 6.09 Å². The molecule has 162 valence electrons. The maximum absolute atomic E-state index is 12.5. The topological polar surface area (TPSA) is 82.5 Å². The third-order valence-electron chi connectivity index (χ3n) is 6.30. The first-order valence-corrected chi connectivity index (χ1v) is 10.7. The van der Waals surface area contributed by atoms with Crippen molar-refractivity contribution in [3.8, 4) is 0 Å². The summed E-state index contributed by atoms with van der Waals surface area (Å²) >= 11 is 0. The predicted molar refractivity (Wildman–Crippen MR) is 115 cm³/mol. The molecule has 7 nitrogen and oxygen atoms in total. The maximum Gasteiger partial charge on any atom is 0.408 e. The van der Waals surface area contributed by atoms with Crippen LogP contribution < -0.4 is 10.9 Å². The van der Waals surface area contributed by atoms with Crippen molar-refractivity contribution in [2.45, 2.75) is 83.1 Å². The smallest absolute Gasteiger partial charge is 0.408 e. The van der Waals surface area contributed by atoms with E-state index >= 15 is 0 Å². The second-order valence-corrected chi connectivity index (χ2v) is 9.82. The first kappa shape index (κ1) is 20.8. The lowest BCUT2D eigenvalue weighted by molar-refractivity contribution is -0.165. The zero-order chi connectivity index (χ0) is 21.6. The Balaban J connectivity index is 1.44. The molecule has 3 fully saturated rings. The van der Waals surface area contributed by atoms with E-state index in [4.69, 9.17) is 9.47 Å². The van der Waals surface area contributed by atoms with E-state index in [9.17, 15) is 9.59 Å². The number of nitrogens with one attached hydrogen (secondary N) is 1. The highest BCUT2D eigenvalue weighted by Gasteiger charge is 2.50. The summed E-state index contributed by atoms with van der Waals surface area (Å²) in [5.41, 5.74) is 0.467. The number of nitrogens with zero attached hydrogens (tertiary/aromatic N) is 2. The molecular formula is C23H31N3O4. The van der Waals surface area contributed by atoms with Crippen molar-refractivity contribution in [3.63, 3.8) is 0 Å². The van der Waals surface area contributed by atoms with Crippen LogP contribution in [0.2, 0.25) is 0 Å². The standard InChI is InChI=1S/C23H31N3O4/c1-16-5-6-17-7-8-18(27)26(19(17)24-16)14-13-23-11-9-22(10-12-23,15-29-23)25-20(28)30-21(2,3)4/h5-8H,9-15H2,1-4H3,(H,25,28).